The van der Waals surface area contributed by atoms with E-state index in [2.05, 4.69) is 15.4 Å². The van der Waals surface area contributed by atoms with Crippen LogP contribution in [0.5, 0.6) is 0 Å². The molecule has 3 N–H and O–H groups in total. The first kappa shape index (κ1) is 17.1. The first-order valence-corrected chi connectivity index (χ1v) is 8.02. The van der Waals surface area contributed by atoms with E-state index in [1.807, 2.05) is 38.1 Å². The molecule has 1 aromatic carbocycles. The number of carbonyl (C=O) groups excluding carboxylic acids is 1. The molecule has 2 aromatic rings. The minimum Gasteiger partial charge on any atom is -0.351 e. The van der Waals surface area contributed by atoms with Crippen molar-refractivity contribution in [2.24, 2.45) is 11.1 Å². The van der Waals surface area contributed by atoms with Crippen molar-refractivity contribution in [2.45, 2.75) is 39.8 Å². The van der Waals surface area contributed by atoms with E-state index in [-0.39, 0.29) is 5.91 Å². The number of amides is 1. The van der Waals surface area contributed by atoms with Gasteiger partial charge in [-0.1, -0.05) is 38.1 Å². The molecule has 23 heavy (non-hydrogen) atoms. The fourth-order valence-corrected chi connectivity index (χ4v) is 2.69. The summed E-state index contributed by atoms with van der Waals surface area (Å²) in [5, 5.41) is 7.18. The maximum Gasteiger partial charge on any atom is 0.227 e. The lowest BCUT2D eigenvalue weighted by Gasteiger charge is -2.28. The molecule has 0 spiro atoms. The number of nitrogens with two attached hydrogens (primary N) is 1. The van der Waals surface area contributed by atoms with E-state index >= 15 is 0 Å². The van der Waals surface area contributed by atoms with Gasteiger partial charge >= 0.3 is 0 Å². The topological polar surface area (TPSA) is 85.8 Å². The molecule has 0 saturated heterocycles. The molecule has 0 unspecified atom stereocenters. The molecule has 0 fully saturated rings. The largest absolute Gasteiger partial charge is 0.351 e. The van der Waals surface area contributed by atoms with Crippen molar-refractivity contribution >= 4 is 5.91 Å². The van der Waals surface area contributed by atoms with E-state index in [1.165, 1.54) is 6.33 Å². The third-order valence-electron chi connectivity index (χ3n) is 4.58. The van der Waals surface area contributed by atoms with Gasteiger partial charge in [-0.25, -0.2) is 9.67 Å². The zero-order valence-electron chi connectivity index (χ0n) is 13.8. The van der Waals surface area contributed by atoms with Crippen LogP contribution in [0.4, 0.5) is 0 Å². The van der Waals surface area contributed by atoms with Gasteiger partial charge in [-0.15, -0.1) is 0 Å². The summed E-state index contributed by atoms with van der Waals surface area (Å²) >= 11 is 0. The van der Waals surface area contributed by atoms with E-state index in [4.69, 9.17) is 5.73 Å². The molecule has 1 aromatic heterocycles. The van der Waals surface area contributed by atoms with Crippen LogP contribution in [0.25, 0.3) is 0 Å². The Hall–Kier alpha value is -2.21. The van der Waals surface area contributed by atoms with Crippen LogP contribution in [-0.2, 0) is 17.9 Å². The van der Waals surface area contributed by atoms with Gasteiger partial charge in [0.1, 0.15) is 12.7 Å². The van der Waals surface area contributed by atoms with Crippen molar-refractivity contribution in [3.05, 3.63) is 48.0 Å². The van der Waals surface area contributed by atoms with Crippen molar-refractivity contribution < 1.29 is 4.79 Å². The quantitative estimate of drug-likeness (QED) is 0.776. The smallest absolute Gasteiger partial charge is 0.227 e. The zero-order chi connectivity index (χ0) is 16.7. The lowest BCUT2D eigenvalue weighted by atomic mass is 9.81. The lowest BCUT2D eigenvalue weighted by molar-refractivity contribution is -0.131. The molecule has 6 nitrogen and oxygen atoms in total. The Balaban J connectivity index is 2.07. The first-order chi connectivity index (χ1) is 11.1. The number of rotatable bonds is 8. The van der Waals surface area contributed by atoms with Crippen LogP contribution in [0, 0.1) is 5.41 Å². The first-order valence-electron chi connectivity index (χ1n) is 8.02. The van der Waals surface area contributed by atoms with Crippen LogP contribution < -0.4 is 11.1 Å². The standard InChI is InChI=1S/C17H25N5O/c1-3-17(4-2,11-18)16(23)20-9-14-7-5-6-8-15(14)10-22-13-19-12-21-22/h5-8,12-13H,3-4,9-11,18H2,1-2H3,(H,20,23). The molecule has 2 rings (SSSR count). The van der Waals surface area contributed by atoms with Gasteiger partial charge in [0.2, 0.25) is 5.91 Å². The summed E-state index contributed by atoms with van der Waals surface area (Å²) in [6, 6.07) is 8.02. The molecule has 1 amide bonds. The summed E-state index contributed by atoms with van der Waals surface area (Å²) in [6.45, 7) is 5.51. The van der Waals surface area contributed by atoms with Crippen molar-refractivity contribution in [1.82, 2.24) is 20.1 Å². The highest BCUT2D eigenvalue weighted by molar-refractivity contribution is 5.82. The average molecular weight is 315 g/mol. The van der Waals surface area contributed by atoms with Crippen LogP contribution in [-0.4, -0.2) is 27.2 Å². The van der Waals surface area contributed by atoms with Gasteiger partial charge in [0.05, 0.1) is 12.0 Å². The molecule has 0 aliphatic carbocycles. The molecule has 0 saturated carbocycles. The van der Waals surface area contributed by atoms with Gasteiger partial charge in [-0.2, -0.15) is 5.10 Å². The van der Waals surface area contributed by atoms with Crippen LogP contribution in [0.15, 0.2) is 36.9 Å². The summed E-state index contributed by atoms with van der Waals surface area (Å²) in [7, 11) is 0. The third kappa shape index (κ3) is 3.96. The number of hydrogen-bond donors (Lipinski definition) is 2. The summed E-state index contributed by atoms with van der Waals surface area (Å²) in [6.07, 6.45) is 4.68. The maximum absolute atomic E-state index is 12.5. The molecule has 0 radical (unpaired) electrons. The fourth-order valence-electron chi connectivity index (χ4n) is 2.69. The molecular formula is C17H25N5O. The minimum atomic E-state index is -0.471. The molecule has 0 bridgehead atoms. The van der Waals surface area contributed by atoms with Crippen molar-refractivity contribution in [2.75, 3.05) is 6.54 Å². The van der Waals surface area contributed by atoms with Crippen LogP contribution in [0.1, 0.15) is 37.8 Å². The van der Waals surface area contributed by atoms with Crippen molar-refractivity contribution in [3.63, 3.8) is 0 Å². The van der Waals surface area contributed by atoms with Crippen molar-refractivity contribution in [1.29, 1.82) is 0 Å². The molecular weight excluding hydrogens is 290 g/mol. The highest BCUT2D eigenvalue weighted by Gasteiger charge is 2.32. The number of benzene rings is 1. The molecule has 0 atom stereocenters. The van der Waals surface area contributed by atoms with Gasteiger partial charge in [0.15, 0.2) is 0 Å². The molecule has 1 heterocycles. The summed E-state index contributed by atoms with van der Waals surface area (Å²) < 4.78 is 1.77. The highest BCUT2D eigenvalue weighted by Crippen LogP contribution is 2.25. The second-order valence-electron chi connectivity index (χ2n) is 5.74. The Kier molecular flexibility index (Phi) is 5.87. The van der Waals surface area contributed by atoms with E-state index in [0.29, 0.717) is 19.6 Å². The molecule has 124 valence electrons. The summed E-state index contributed by atoms with van der Waals surface area (Å²) in [4.78, 5) is 16.5. The van der Waals surface area contributed by atoms with Crippen LogP contribution in [0.2, 0.25) is 0 Å². The van der Waals surface area contributed by atoms with Gasteiger partial charge in [0.25, 0.3) is 0 Å². The summed E-state index contributed by atoms with van der Waals surface area (Å²) in [5.74, 6) is 0.0283. The SMILES string of the molecule is CCC(CC)(CN)C(=O)NCc1ccccc1Cn1cncn1. The normalized spacial score (nSPS) is 11.4. The monoisotopic (exact) mass is 315 g/mol. The number of nitrogens with zero attached hydrogens (tertiary/aromatic N) is 3. The van der Waals surface area contributed by atoms with Gasteiger partial charge in [-0.3, -0.25) is 4.79 Å². The lowest BCUT2D eigenvalue weighted by Crippen LogP contribution is -2.45. The predicted molar refractivity (Wildman–Crippen MR) is 89.5 cm³/mol. The average Bonchev–Trinajstić information content (AvgIpc) is 3.09. The Labute approximate surface area is 137 Å². The maximum atomic E-state index is 12.5. The Morgan fingerprint density at radius 1 is 1.26 bits per heavy atom. The van der Waals surface area contributed by atoms with E-state index in [0.717, 1.165) is 24.0 Å². The molecule has 0 aliphatic heterocycles. The Morgan fingerprint density at radius 3 is 2.52 bits per heavy atom. The predicted octanol–water partition coefficient (Wildman–Crippen LogP) is 1.71. The third-order valence-corrected chi connectivity index (χ3v) is 4.58. The van der Waals surface area contributed by atoms with Gasteiger partial charge in [0, 0.05) is 13.1 Å². The van der Waals surface area contributed by atoms with Gasteiger partial charge < -0.3 is 11.1 Å². The van der Waals surface area contributed by atoms with E-state index in [1.54, 1.807) is 11.0 Å². The van der Waals surface area contributed by atoms with Crippen LogP contribution >= 0.6 is 0 Å². The van der Waals surface area contributed by atoms with E-state index < -0.39 is 5.41 Å². The second kappa shape index (κ2) is 7.87. The summed E-state index contributed by atoms with van der Waals surface area (Å²) in [5.41, 5.74) is 7.56. The zero-order valence-corrected chi connectivity index (χ0v) is 13.8. The Morgan fingerprint density at radius 2 is 1.96 bits per heavy atom. The molecule has 6 heteroatoms. The fraction of sp³-hybridized carbons (Fsp3) is 0.471. The minimum absolute atomic E-state index is 0.0283. The van der Waals surface area contributed by atoms with Crippen molar-refractivity contribution in [3.8, 4) is 0 Å². The highest BCUT2D eigenvalue weighted by atomic mass is 16.2. The second-order valence-corrected chi connectivity index (χ2v) is 5.74. The van der Waals surface area contributed by atoms with Crippen LogP contribution in [0.3, 0.4) is 0 Å². The number of hydrogen-bond acceptors (Lipinski definition) is 4. The molecule has 0 aliphatic rings. The van der Waals surface area contributed by atoms with Gasteiger partial charge in [-0.05, 0) is 24.0 Å². The number of carbonyl (C=O) groups is 1. The van der Waals surface area contributed by atoms with E-state index in [9.17, 15) is 4.79 Å². The Bertz CT molecular complexity index is 611. The number of aromatic nitrogens is 3. The number of nitrogens with one attached hydrogen (secondary N) is 1.